The molecule has 0 radical (unpaired) electrons. The van der Waals surface area contributed by atoms with Gasteiger partial charge < -0.3 is 0 Å². The highest BCUT2D eigenvalue weighted by Crippen LogP contribution is 2.18. The lowest BCUT2D eigenvalue weighted by Gasteiger charge is -2.14. The molecule has 0 aliphatic carbocycles. The van der Waals surface area contributed by atoms with Gasteiger partial charge in [-0.1, -0.05) is 6.92 Å². The zero-order valence-electron chi connectivity index (χ0n) is 10.6. The third-order valence-corrected chi connectivity index (χ3v) is 4.77. The average molecular weight is 266 g/mol. The van der Waals surface area contributed by atoms with Crippen molar-refractivity contribution < 1.29 is 0 Å². The highest BCUT2D eigenvalue weighted by Gasteiger charge is 2.07. The molecule has 17 heavy (non-hydrogen) atoms. The zero-order chi connectivity index (χ0) is 12.3. The van der Waals surface area contributed by atoms with Crippen molar-refractivity contribution in [1.29, 1.82) is 0 Å². The van der Waals surface area contributed by atoms with E-state index in [1.54, 1.807) is 11.3 Å². The molecule has 4 heteroatoms. The molecule has 0 unspecified atom stereocenters. The van der Waals surface area contributed by atoms with Crippen LogP contribution in [0.3, 0.4) is 0 Å². The monoisotopic (exact) mass is 266 g/mol. The lowest BCUT2D eigenvalue weighted by Crippen LogP contribution is -2.17. The summed E-state index contributed by atoms with van der Waals surface area (Å²) >= 11 is 3.61. The Hall–Kier alpha value is -0.710. The number of hydrogen-bond acceptors (Lipinski definition) is 4. The van der Waals surface area contributed by atoms with E-state index in [-0.39, 0.29) is 0 Å². The molecule has 0 fully saturated rings. The minimum absolute atomic E-state index is 0.938. The van der Waals surface area contributed by atoms with Gasteiger partial charge in [0.25, 0.3) is 0 Å². The summed E-state index contributed by atoms with van der Waals surface area (Å²) in [6.07, 6.45) is 1.04. The molecule has 0 amide bonds. The van der Waals surface area contributed by atoms with E-state index in [2.05, 4.69) is 47.6 Å². The minimum atomic E-state index is 0.938. The number of hydrogen-bond donors (Lipinski definition) is 0. The Morgan fingerprint density at radius 1 is 1.29 bits per heavy atom. The van der Waals surface area contributed by atoms with Crippen molar-refractivity contribution in [3.05, 3.63) is 38.0 Å². The SMILES string of the molecule is CCc1nc(CN(C)Cc2sccc2C)cs1. The van der Waals surface area contributed by atoms with Crippen LogP contribution in [0.2, 0.25) is 0 Å². The Labute approximate surface area is 111 Å². The van der Waals surface area contributed by atoms with Gasteiger partial charge in [-0.05, 0) is 37.4 Å². The lowest BCUT2D eigenvalue weighted by molar-refractivity contribution is 0.318. The van der Waals surface area contributed by atoms with Crippen LogP contribution in [0.25, 0.3) is 0 Å². The van der Waals surface area contributed by atoms with Gasteiger partial charge >= 0.3 is 0 Å². The topological polar surface area (TPSA) is 16.1 Å². The maximum Gasteiger partial charge on any atom is 0.0926 e. The van der Waals surface area contributed by atoms with E-state index >= 15 is 0 Å². The number of thiophene rings is 1. The van der Waals surface area contributed by atoms with Crippen molar-refractivity contribution in [2.45, 2.75) is 33.4 Å². The van der Waals surface area contributed by atoms with Gasteiger partial charge in [0.15, 0.2) is 0 Å². The van der Waals surface area contributed by atoms with Gasteiger partial charge in [0.1, 0.15) is 0 Å². The number of nitrogens with zero attached hydrogens (tertiary/aromatic N) is 2. The van der Waals surface area contributed by atoms with Crippen molar-refractivity contribution in [1.82, 2.24) is 9.88 Å². The predicted octanol–water partition coefficient (Wildman–Crippen LogP) is 3.71. The molecule has 2 nitrogen and oxygen atoms in total. The van der Waals surface area contributed by atoms with Crippen molar-refractivity contribution in [2.75, 3.05) is 7.05 Å². The molecule has 0 saturated heterocycles. The molecule has 0 aliphatic rings. The summed E-state index contributed by atoms with van der Waals surface area (Å²) in [6.45, 7) is 6.29. The second kappa shape index (κ2) is 5.76. The average Bonchev–Trinajstić information content (AvgIpc) is 2.89. The molecule has 0 bridgehead atoms. The standard InChI is InChI=1S/C13H18N2S2/c1-4-13-14-11(9-17-13)7-15(3)8-12-10(2)5-6-16-12/h5-6,9H,4,7-8H2,1-3H3. The van der Waals surface area contributed by atoms with E-state index in [1.165, 1.54) is 21.1 Å². The summed E-state index contributed by atoms with van der Waals surface area (Å²) < 4.78 is 0. The minimum Gasteiger partial charge on any atom is -0.295 e. The maximum atomic E-state index is 4.60. The highest BCUT2D eigenvalue weighted by molar-refractivity contribution is 7.10. The molecule has 0 atom stereocenters. The van der Waals surface area contributed by atoms with Crippen molar-refractivity contribution >= 4 is 22.7 Å². The number of aryl methyl sites for hydroxylation is 2. The summed E-state index contributed by atoms with van der Waals surface area (Å²) in [6, 6.07) is 2.19. The quantitative estimate of drug-likeness (QED) is 0.820. The van der Waals surface area contributed by atoms with Crippen LogP contribution in [0.4, 0.5) is 0 Å². The summed E-state index contributed by atoms with van der Waals surface area (Å²) in [7, 11) is 2.16. The second-order valence-electron chi connectivity index (χ2n) is 4.29. The first kappa shape index (κ1) is 12.7. The Kier molecular flexibility index (Phi) is 4.31. The molecule has 2 aromatic rings. The first-order chi connectivity index (χ1) is 8.19. The van der Waals surface area contributed by atoms with Gasteiger partial charge in [-0.25, -0.2) is 4.98 Å². The van der Waals surface area contributed by atoms with Crippen LogP contribution in [-0.2, 0) is 19.5 Å². The van der Waals surface area contributed by atoms with Crippen LogP contribution in [-0.4, -0.2) is 16.9 Å². The Morgan fingerprint density at radius 2 is 2.12 bits per heavy atom. The molecule has 0 saturated carbocycles. The predicted molar refractivity (Wildman–Crippen MR) is 75.7 cm³/mol. The van der Waals surface area contributed by atoms with E-state index in [9.17, 15) is 0 Å². The smallest absolute Gasteiger partial charge is 0.0926 e. The summed E-state index contributed by atoms with van der Waals surface area (Å²) in [4.78, 5) is 8.38. The van der Waals surface area contributed by atoms with Gasteiger partial charge in [0.05, 0.1) is 10.7 Å². The molecule has 92 valence electrons. The first-order valence-corrected chi connectivity index (χ1v) is 7.59. The third kappa shape index (κ3) is 3.37. The summed E-state index contributed by atoms with van der Waals surface area (Å²) in [5.41, 5.74) is 2.60. The Bertz CT molecular complexity index is 473. The fourth-order valence-electron chi connectivity index (χ4n) is 1.73. The Balaban J connectivity index is 1.93. The van der Waals surface area contributed by atoms with Crippen LogP contribution >= 0.6 is 22.7 Å². The Morgan fingerprint density at radius 3 is 2.71 bits per heavy atom. The van der Waals surface area contributed by atoms with Crippen molar-refractivity contribution in [2.24, 2.45) is 0 Å². The number of thiazole rings is 1. The van der Waals surface area contributed by atoms with Gasteiger partial charge in [-0.15, -0.1) is 22.7 Å². The van der Waals surface area contributed by atoms with Crippen molar-refractivity contribution in [3.8, 4) is 0 Å². The summed E-state index contributed by atoms with van der Waals surface area (Å²) in [5, 5.41) is 5.58. The van der Waals surface area contributed by atoms with E-state index < -0.39 is 0 Å². The molecule has 0 N–H and O–H groups in total. The van der Waals surface area contributed by atoms with E-state index in [4.69, 9.17) is 0 Å². The molecule has 0 aliphatic heterocycles. The van der Waals surface area contributed by atoms with Crippen LogP contribution < -0.4 is 0 Å². The molecule has 2 aromatic heterocycles. The van der Waals surface area contributed by atoms with Crippen LogP contribution in [0, 0.1) is 6.92 Å². The number of aromatic nitrogens is 1. The van der Waals surface area contributed by atoms with Gasteiger partial charge in [0.2, 0.25) is 0 Å². The zero-order valence-corrected chi connectivity index (χ0v) is 12.2. The molecular formula is C13H18N2S2. The molecular weight excluding hydrogens is 248 g/mol. The van der Waals surface area contributed by atoms with Gasteiger partial charge in [0, 0.05) is 23.3 Å². The highest BCUT2D eigenvalue weighted by atomic mass is 32.1. The number of rotatable bonds is 5. The van der Waals surface area contributed by atoms with E-state index in [1.807, 2.05) is 11.3 Å². The van der Waals surface area contributed by atoms with Gasteiger partial charge in [-0.3, -0.25) is 4.90 Å². The normalized spacial score (nSPS) is 11.3. The molecule has 0 aromatic carbocycles. The van der Waals surface area contributed by atoms with E-state index in [0.717, 1.165) is 19.5 Å². The van der Waals surface area contributed by atoms with Crippen LogP contribution in [0.5, 0.6) is 0 Å². The molecule has 2 rings (SSSR count). The molecule has 2 heterocycles. The lowest BCUT2D eigenvalue weighted by atomic mass is 10.3. The fourth-order valence-corrected chi connectivity index (χ4v) is 3.45. The first-order valence-electron chi connectivity index (χ1n) is 5.83. The van der Waals surface area contributed by atoms with Crippen LogP contribution in [0.15, 0.2) is 16.8 Å². The maximum absolute atomic E-state index is 4.60. The van der Waals surface area contributed by atoms with Gasteiger partial charge in [-0.2, -0.15) is 0 Å². The third-order valence-electron chi connectivity index (χ3n) is 2.72. The van der Waals surface area contributed by atoms with Crippen LogP contribution in [0.1, 0.15) is 28.1 Å². The second-order valence-corrected chi connectivity index (χ2v) is 6.23. The summed E-state index contributed by atoms with van der Waals surface area (Å²) in [5.74, 6) is 0. The fraction of sp³-hybridized carbons (Fsp3) is 0.462. The molecule has 0 spiro atoms. The van der Waals surface area contributed by atoms with E-state index in [0.29, 0.717) is 0 Å². The largest absolute Gasteiger partial charge is 0.295 e. The van der Waals surface area contributed by atoms with Crippen molar-refractivity contribution in [3.63, 3.8) is 0 Å².